The maximum Gasteiger partial charge on any atom is 0.0700 e. The molecular weight excluding hydrogens is 152 g/mol. The van der Waals surface area contributed by atoms with Crippen LogP contribution >= 0.6 is 0 Å². The number of nitriles is 1. The van der Waals surface area contributed by atoms with E-state index < -0.39 is 0 Å². The van der Waals surface area contributed by atoms with E-state index in [9.17, 15) is 0 Å². The molecule has 1 N–H and O–H groups in total. The molecule has 0 radical (unpaired) electrons. The third-order valence-corrected chi connectivity index (χ3v) is 2.34. The molecule has 0 aliphatic carbocycles. The van der Waals surface area contributed by atoms with Crippen molar-refractivity contribution in [1.29, 1.82) is 5.26 Å². The van der Waals surface area contributed by atoms with Crippen LogP contribution in [-0.4, -0.2) is 18.2 Å². The van der Waals surface area contributed by atoms with Crippen molar-refractivity contribution in [1.82, 2.24) is 4.98 Å². The summed E-state index contributed by atoms with van der Waals surface area (Å²) in [5.74, 6) is 0. The Labute approximate surface area is 71.0 Å². The lowest BCUT2D eigenvalue weighted by Gasteiger charge is -2.38. The van der Waals surface area contributed by atoms with E-state index in [0.29, 0.717) is 19.6 Å². The van der Waals surface area contributed by atoms with Crippen LogP contribution in [0.15, 0.2) is 18.3 Å². The molecule has 3 heteroatoms. The van der Waals surface area contributed by atoms with Crippen LogP contribution in [0.1, 0.15) is 12.1 Å². The Bertz CT molecular complexity index is 293. The van der Waals surface area contributed by atoms with Gasteiger partial charge < -0.3 is 9.72 Å². The minimum atomic E-state index is -0.0434. The van der Waals surface area contributed by atoms with Crippen LogP contribution < -0.4 is 0 Å². The van der Waals surface area contributed by atoms with Crippen LogP contribution in [0.5, 0.6) is 0 Å². The number of H-pyrrole nitrogens is 1. The van der Waals surface area contributed by atoms with E-state index >= 15 is 0 Å². The van der Waals surface area contributed by atoms with E-state index in [1.165, 1.54) is 0 Å². The Morgan fingerprint density at radius 3 is 2.92 bits per heavy atom. The molecule has 1 saturated heterocycles. The molecule has 62 valence electrons. The van der Waals surface area contributed by atoms with Gasteiger partial charge in [0.05, 0.1) is 31.1 Å². The average Bonchev–Trinajstić information content (AvgIpc) is 2.48. The number of aromatic nitrogens is 1. The molecule has 0 saturated carbocycles. The van der Waals surface area contributed by atoms with Crippen molar-refractivity contribution in [3.8, 4) is 6.07 Å². The first-order chi connectivity index (χ1) is 5.87. The van der Waals surface area contributed by atoms with Crippen LogP contribution in [0.4, 0.5) is 0 Å². The van der Waals surface area contributed by atoms with Crippen LogP contribution in [0.25, 0.3) is 0 Å². The summed E-state index contributed by atoms with van der Waals surface area (Å²) < 4.78 is 5.14. The van der Waals surface area contributed by atoms with Gasteiger partial charge in [-0.05, 0) is 12.1 Å². The molecule has 12 heavy (non-hydrogen) atoms. The van der Waals surface area contributed by atoms with E-state index in [0.717, 1.165) is 5.69 Å². The fourth-order valence-electron chi connectivity index (χ4n) is 1.51. The predicted octanol–water partition coefficient (Wildman–Crippen LogP) is 1.20. The highest BCUT2D eigenvalue weighted by atomic mass is 16.5. The van der Waals surface area contributed by atoms with Crippen molar-refractivity contribution >= 4 is 0 Å². The first-order valence-electron chi connectivity index (χ1n) is 3.96. The number of hydrogen-bond donors (Lipinski definition) is 1. The molecule has 0 spiro atoms. The van der Waals surface area contributed by atoms with Crippen molar-refractivity contribution < 1.29 is 4.74 Å². The summed E-state index contributed by atoms with van der Waals surface area (Å²) in [7, 11) is 0. The van der Waals surface area contributed by atoms with E-state index in [2.05, 4.69) is 11.1 Å². The molecule has 0 amide bonds. The van der Waals surface area contributed by atoms with Gasteiger partial charge in [0.2, 0.25) is 0 Å². The van der Waals surface area contributed by atoms with E-state index in [4.69, 9.17) is 10.00 Å². The first kappa shape index (κ1) is 7.38. The maximum absolute atomic E-state index is 8.65. The summed E-state index contributed by atoms with van der Waals surface area (Å²) in [6.45, 7) is 1.34. The second-order valence-electron chi connectivity index (χ2n) is 3.19. The Balaban J connectivity index is 2.24. The van der Waals surface area contributed by atoms with E-state index in [1.807, 2.05) is 18.3 Å². The Morgan fingerprint density at radius 1 is 1.67 bits per heavy atom. The molecular formula is C9H10N2O. The number of nitrogens with one attached hydrogen (secondary N) is 1. The zero-order chi connectivity index (χ0) is 8.44. The van der Waals surface area contributed by atoms with Gasteiger partial charge in [0.1, 0.15) is 0 Å². The summed E-state index contributed by atoms with van der Waals surface area (Å²) in [5, 5.41) is 8.65. The van der Waals surface area contributed by atoms with Gasteiger partial charge in [-0.25, -0.2) is 0 Å². The van der Waals surface area contributed by atoms with Gasteiger partial charge in [-0.1, -0.05) is 0 Å². The van der Waals surface area contributed by atoms with Gasteiger partial charge >= 0.3 is 0 Å². The zero-order valence-corrected chi connectivity index (χ0v) is 6.71. The fourth-order valence-corrected chi connectivity index (χ4v) is 1.51. The fraction of sp³-hybridized carbons (Fsp3) is 0.444. The zero-order valence-electron chi connectivity index (χ0n) is 6.71. The molecule has 2 rings (SSSR count). The number of aromatic amines is 1. The standard InChI is InChI=1S/C9H10N2O/c10-4-3-9(6-12-7-9)8-2-1-5-11-8/h1-2,5,11H,3,6-7H2. The van der Waals surface area contributed by atoms with Gasteiger partial charge in [-0.15, -0.1) is 0 Å². The third-order valence-electron chi connectivity index (χ3n) is 2.34. The quantitative estimate of drug-likeness (QED) is 0.710. The van der Waals surface area contributed by atoms with Crippen molar-refractivity contribution in [2.45, 2.75) is 11.8 Å². The molecule has 1 fully saturated rings. The van der Waals surface area contributed by atoms with Crippen molar-refractivity contribution in [3.05, 3.63) is 24.0 Å². The highest BCUT2D eigenvalue weighted by molar-refractivity contribution is 5.22. The summed E-state index contributed by atoms with van der Waals surface area (Å²) in [5.41, 5.74) is 1.08. The maximum atomic E-state index is 8.65. The Hall–Kier alpha value is -1.27. The monoisotopic (exact) mass is 162 g/mol. The van der Waals surface area contributed by atoms with Crippen molar-refractivity contribution in [2.75, 3.05) is 13.2 Å². The van der Waals surface area contributed by atoms with E-state index in [-0.39, 0.29) is 5.41 Å². The largest absolute Gasteiger partial charge is 0.379 e. The average molecular weight is 162 g/mol. The van der Waals surface area contributed by atoms with Crippen molar-refractivity contribution in [3.63, 3.8) is 0 Å². The molecule has 1 aliphatic heterocycles. The summed E-state index contributed by atoms with van der Waals surface area (Å²) >= 11 is 0. The van der Waals surface area contributed by atoms with Gasteiger partial charge in [-0.3, -0.25) is 0 Å². The van der Waals surface area contributed by atoms with Gasteiger partial charge in [0.15, 0.2) is 0 Å². The minimum absolute atomic E-state index is 0.0434. The number of hydrogen-bond acceptors (Lipinski definition) is 2. The topological polar surface area (TPSA) is 48.8 Å². The van der Waals surface area contributed by atoms with Crippen molar-refractivity contribution in [2.24, 2.45) is 0 Å². The lowest BCUT2D eigenvalue weighted by atomic mass is 9.80. The number of nitrogens with zero attached hydrogens (tertiary/aromatic N) is 1. The van der Waals surface area contributed by atoms with Gasteiger partial charge in [-0.2, -0.15) is 5.26 Å². The lowest BCUT2D eigenvalue weighted by molar-refractivity contribution is -0.0595. The molecule has 0 bridgehead atoms. The third kappa shape index (κ3) is 0.926. The molecule has 3 nitrogen and oxygen atoms in total. The summed E-state index contributed by atoms with van der Waals surface area (Å²) in [6.07, 6.45) is 2.42. The first-order valence-corrected chi connectivity index (χ1v) is 3.96. The Morgan fingerprint density at radius 2 is 2.50 bits per heavy atom. The molecule has 0 atom stereocenters. The highest BCUT2D eigenvalue weighted by Crippen LogP contribution is 2.34. The van der Waals surface area contributed by atoms with Crippen LogP contribution in [0, 0.1) is 11.3 Å². The van der Waals surface area contributed by atoms with Gasteiger partial charge in [0, 0.05) is 11.9 Å². The number of rotatable bonds is 2. The second kappa shape index (κ2) is 2.65. The Kier molecular flexibility index (Phi) is 1.63. The summed E-state index contributed by atoms with van der Waals surface area (Å²) in [4.78, 5) is 3.13. The molecule has 1 aromatic heterocycles. The normalized spacial score (nSPS) is 19.6. The van der Waals surface area contributed by atoms with E-state index in [1.54, 1.807) is 0 Å². The summed E-state index contributed by atoms with van der Waals surface area (Å²) in [6, 6.07) is 6.16. The predicted molar refractivity (Wildman–Crippen MR) is 43.5 cm³/mol. The van der Waals surface area contributed by atoms with Crippen LogP contribution in [-0.2, 0) is 10.2 Å². The van der Waals surface area contributed by atoms with Gasteiger partial charge in [0.25, 0.3) is 0 Å². The molecule has 0 aromatic carbocycles. The number of ether oxygens (including phenoxy) is 1. The van der Waals surface area contributed by atoms with Crippen LogP contribution in [0.3, 0.4) is 0 Å². The molecule has 2 heterocycles. The molecule has 0 unspecified atom stereocenters. The molecule has 1 aliphatic rings. The second-order valence-corrected chi connectivity index (χ2v) is 3.19. The smallest absolute Gasteiger partial charge is 0.0700 e. The SMILES string of the molecule is N#CCC1(c2ccc[nH]2)COC1. The van der Waals surface area contributed by atoms with Crippen LogP contribution in [0.2, 0.25) is 0 Å². The molecule has 1 aromatic rings. The minimum Gasteiger partial charge on any atom is -0.379 e. The lowest BCUT2D eigenvalue weighted by Crippen LogP contribution is -2.46. The highest BCUT2D eigenvalue weighted by Gasteiger charge is 2.40.